The summed E-state index contributed by atoms with van der Waals surface area (Å²) in [5.41, 5.74) is 0. The first-order valence-electron chi connectivity index (χ1n) is 2.46. The van der Waals surface area contributed by atoms with E-state index in [1.54, 1.807) is 0 Å². The highest BCUT2D eigenvalue weighted by Gasteiger charge is 2.05. The van der Waals surface area contributed by atoms with Crippen LogP contribution in [0.15, 0.2) is 23.1 Å². The van der Waals surface area contributed by atoms with Gasteiger partial charge in [0, 0.05) is 0 Å². The van der Waals surface area contributed by atoms with Crippen LogP contribution in [0.25, 0.3) is 0 Å². The summed E-state index contributed by atoms with van der Waals surface area (Å²) in [4.78, 5) is -0.255. The van der Waals surface area contributed by atoms with Crippen LogP contribution in [-0.4, -0.2) is 13.0 Å². The highest BCUT2D eigenvalue weighted by molar-refractivity contribution is 7.85. The van der Waals surface area contributed by atoms with Crippen molar-refractivity contribution in [2.75, 3.05) is 0 Å². The van der Waals surface area contributed by atoms with Gasteiger partial charge in [-0.25, -0.2) is 0 Å². The van der Waals surface area contributed by atoms with Crippen molar-refractivity contribution < 1.29 is 13.0 Å². The monoisotopic (exact) mass is 156 g/mol. The summed E-state index contributed by atoms with van der Waals surface area (Å²) in [6.07, 6.45) is 0. The van der Waals surface area contributed by atoms with Crippen molar-refractivity contribution in [2.24, 2.45) is 0 Å². The maximum atomic E-state index is 10.3. The molecular formula is C6H4O3S. The van der Waals surface area contributed by atoms with E-state index in [-0.39, 0.29) is 4.90 Å². The van der Waals surface area contributed by atoms with E-state index in [0.29, 0.717) is 0 Å². The highest BCUT2D eigenvalue weighted by atomic mass is 32.2. The van der Waals surface area contributed by atoms with Gasteiger partial charge in [0.05, 0.1) is 0 Å². The molecule has 10 heavy (non-hydrogen) atoms. The highest BCUT2D eigenvalue weighted by Crippen LogP contribution is 2.00. The van der Waals surface area contributed by atoms with Crippen LogP contribution in [0.1, 0.15) is 0 Å². The molecule has 0 saturated heterocycles. The normalized spacial score (nSPS) is 10.5. The zero-order valence-corrected chi connectivity index (χ0v) is 5.72. The fourth-order valence-electron chi connectivity index (χ4n) is 0.489. The van der Waals surface area contributed by atoms with E-state index in [4.69, 9.17) is 4.55 Å². The number of hydrogen-bond acceptors (Lipinski definition) is 2. The van der Waals surface area contributed by atoms with Gasteiger partial charge in [0.2, 0.25) is 0 Å². The Bertz CT molecular complexity index is 301. The second-order valence-electron chi connectivity index (χ2n) is 1.63. The van der Waals surface area contributed by atoms with Crippen molar-refractivity contribution in [3.05, 3.63) is 30.3 Å². The lowest BCUT2D eigenvalue weighted by Crippen LogP contribution is -1.95. The van der Waals surface area contributed by atoms with Crippen LogP contribution in [0.5, 0.6) is 0 Å². The Kier molecular flexibility index (Phi) is 1.62. The molecule has 0 aliphatic heterocycles. The molecule has 0 bridgehead atoms. The summed E-state index contributed by atoms with van der Waals surface area (Å²) >= 11 is 0. The van der Waals surface area contributed by atoms with E-state index in [0.717, 1.165) is 0 Å². The Labute approximate surface area is 59.1 Å². The van der Waals surface area contributed by atoms with Crippen molar-refractivity contribution in [1.29, 1.82) is 0 Å². The third-order valence-corrected chi connectivity index (χ3v) is 1.69. The van der Waals surface area contributed by atoms with Crippen molar-refractivity contribution in [1.82, 2.24) is 0 Å². The maximum absolute atomic E-state index is 10.3. The average Bonchev–Trinajstić information content (AvgIpc) is 1.88. The quantitative estimate of drug-likeness (QED) is 0.603. The van der Waals surface area contributed by atoms with Gasteiger partial charge < -0.3 is 0 Å². The summed E-state index contributed by atoms with van der Waals surface area (Å²) in [7, 11) is -4.09. The minimum absolute atomic E-state index is 0.255. The molecule has 0 fully saturated rings. The molecule has 52 valence electrons. The Morgan fingerprint density at radius 1 is 1.50 bits per heavy atom. The van der Waals surface area contributed by atoms with E-state index in [2.05, 4.69) is 12.1 Å². The van der Waals surface area contributed by atoms with Gasteiger partial charge in [-0.2, -0.15) is 8.42 Å². The molecule has 1 N–H and O–H groups in total. The first kappa shape index (κ1) is 7.06. The summed E-state index contributed by atoms with van der Waals surface area (Å²) in [6, 6.07) is 8.84. The molecule has 0 saturated carbocycles. The second kappa shape index (κ2) is 2.29. The molecule has 4 heteroatoms. The minimum Gasteiger partial charge on any atom is -0.281 e. The Hall–Kier alpha value is -1.05. The second-order valence-corrected chi connectivity index (χ2v) is 3.02. The van der Waals surface area contributed by atoms with E-state index < -0.39 is 10.1 Å². The van der Waals surface area contributed by atoms with Gasteiger partial charge in [0.25, 0.3) is 0 Å². The van der Waals surface area contributed by atoms with Crippen LogP contribution in [0, 0.1) is 12.1 Å². The SMILES string of the molecule is O=S(=O)(O)c1c#cccc1. The molecule has 0 atom stereocenters. The third kappa shape index (κ3) is 1.47. The van der Waals surface area contributed by atoms with Crippen LogP contribution >= 0.6 is 0 Å². The molecule has 0 spiro atoms. The fourth-order valence-corrected chi connectivity index (χ4v) is 0.927. The largest absolute Gasteiger partial charge is 0.302 e. The molecule has 0 aliphatic rings. The van der Waals surface area contributed by atoms with Crippen molar-refractivity contribution in [2.45, 2.75) is 4.90 Å². The average molecular weight is 156 g/mol. The minimum atomic E-state index is -4.09. The molecule has 0 aliphatic carbocycles. The summed E-state index contributed by atoms with van der Waals surface area (Å²) < 4.78 is 29.1. The molecule has 1 aromatic carbocycles. The van der Waals surface area contributed by atoms with Gasteiger partial charge in [0.15, 0.2) is 0 Å². The van der Waals surface area contributed by atoms with Gasteiger partial charge in [-0.1, -0.05) is 12.1 Å². The standard InChI is InChI=1S/C6H4O3S/c7-10(8,9)6-4-2-1-3-5-6/h1-2,4H,(H,7,8,9). The first-order valence-corrected chi connectivity index (χ1v) is 3.90. The molecule has 0 heterocycles. The molecule has 0 amide bonds. The predicted molar refractivity (Wildman–Crippen MR) is 33.9 cm³/mol. The van der Waals surface area contributed by atoms with Gasteiger partial charge in [-0.3, -0.25) is 4.55 Å². The van der Waals surface area contributed by atoms with Crippen molar-refractivity contribution in [3.63, 3.8) is 0 Å². The van der Waals surface area contributed by atoms with Crippen LogP contribution in [0.4, 0.5) is 0 Å². The Balaban J connectivity index is 3.22. The fraction of sp³-hybridized carbons (Fsp3) is 0. The van der Waals surface area contributed by atoms with E-state index in [1.807, 2.05) is 0 Å². The Morgan fingerprint density at radius 2 is 2.20 bits per heavy atom. The smallest absolute Gasteiger partial charge is 0.281 e. The van der Waals surface area contributed by atoms with Crippen LogP contribution in [-0.2, 0) is 10.1 Å². The van der Waals surface area contributed by atoms with Crippen LogP contribution < -0.4 is 0 Å². The lowest BCUT2D eigenvalue weighted by molar-refractivity contribution is 0.483. The van der Waals surface area contributed by atoms with Crippen molar-refractivity contribution >= 4 is 10.1 Å². The number of hydrogen-bond donors (Lipinski definition) is 1. The van der Waals surface area contributed by atoms with E-state index in [1.165, 1.54) is 18.2 Å². The zero-order valence-electron chi connectivity index (χ0n) is 4.90. The van der Waals surface area contributed by atoms with Crippen LogP contribution in [0.2, 0.25) is 0 Å². The van der Waals surface area contributed by atoms with Gasteiger partial charge in [-0.05, 0) is 18.2 Å². The van der Waals surface area contributed by atoms with Gasteiger partial charge >= 0.3 is 10.1 Å². The molecule has 0 radical (unpaired) electrons. The Morgan fingerprint density at radius 3 is 2.50 bits per heavy atom. The molecule has 1 rings (SSSR count). The van der Waals surface area contributed by atoms with E-state index in [9.17, 15) is 8.42 Å². The summed E-state index contributed by atoms with van der Waals surface area (Å²) in [6.45, 7) is 0. The first-order chi connectivity index (χ1) is 4.61. The van der Waals surface area contributed by atoms with Gasteiger partial charge in [0.1, 0.15) is 4.90 Å². The summed E-state index contributed by atoms with van der Waals surface area (Å²) in [5.74, 6) is 0. The lowest BCUT2D eigenvalue weighted by Gasteiger charge is -1.87. The maximum Gasteiger partial charge on any atom is 0.302 e. The number of rotatable bonds is 1. The molecule has 3 nitrogen and oxygen atoms in total. The molecule has 1 aromatic rings. The summed E-state index contributed by atoms with van der Waals surface area (Å²) in [5, 5.41) is 0. The topological polar surface area (TPSA) is 54.4 Å². The van der Waals surface area contributed by atoms with Gasteiger partial charge in [-0.15, -0.1) is 0 Å². The lowest BCUT2D eigenvalue weighted by atomic mass is 10.4. The zero-order chi connectivity index (χ0) is 7.61. The van der Waals surface area contributed by atoms with E-state index >= 15 is 0 Å². The van der Waals surface area contributed by atoms with Crippen LogP contribution in [0.3, 0.4) is 0 Å². The predicted octanol–water partition coefficient (Wildman–Crippen LogP) is 0.534. The third-order valence-electron chi connectivity index (χ3n) is 0.900. The van der Waals surface area contributed by atoms with Crippen molar-refractivity contribution in [3.8, 4) is 0 Å². The molecule has 0 aromatic heterocycles. The molecule has 0 unspecified atom stereocenters. The molecular weight excluding hydrogens is 152 g/mol.